The van der Waals surface area contributed by atoms with Crippen LogP contribution >= 0.6 is 0 Å². The van der Waals surface area contributed by atoms with Crippen LogP contribution in [0.5, 0.6) is 0 Å². The maximum absolute atomic E-state index is 11.5. The van der Waals surface area contributed by atoms with Gasteiger partial charge in [-0.2, -0.15) is 10.2 Å². The highest BCUT2D eigenvalue weighted by Gasteiger charge is 2.06. The van der Waals surface area contributed by atoms with Crippen LogP contribution in [0.2, 0.25) is 0 Å². The van der Waals surface area contributed by atoms with Crippen LogP contribution in [0.1, 0.15) is 10.4 Å². The van der Waals surface area contributed by atoms with Crippen molar-refractivity contribution in [2.45, 2.75) is 0 Å². The van der Waals surface area contributed by atoms with Gasteiger partial charge < -0.3 is 4.74 Å². The summed E-state index contributed by atoms with van der Waals surface area (Å²) < 4.78 is 4.71. The molecule has 3 rings (SSSR count). The minimum Gasteiger partial charge on any atom is -0.465 e. The minimum atomic E-state index is -0.337. The molecule has 0 aliphatic carbocycles. The van der Waals surface area contributed by atoms with Crippen molar-refractivity contribution >= 4 is 27.6 Å². The third-order valence-corrected chi connectivity index (χ3v) is 2.89. The number of hydrogen-bond acceptors (Lipinski definition) is 4. The molecule has 3 aromatic rings. The average Bonchev–Trinajstić information content (AvgIpc) is 2.43. The second-order valence-electron chi connectivity index (χ2n) is 4.00. The van der Waals surface area contributed by atoms with Gasteiger partial charge in [-0.3, -0.25) is 0 Å². The Kier molecular flexibility index (Phi) is 2.41. The fourth-order valence-corrected chi connectivity index (χ4v) is 1.98. The summed E-state index contributed by atoms with van der Waals surface area (Å²) in [5.41, 5.74) is 1.35. The Bertz CT molecular complexity index is 753. The van der Waals surface area contributed by atoms with Gasteiger partial charge in [-0.1, -0.05) is 6.07 Å². The van der Waals surface area contributed by atoms with Gasteiger partial charge in [0.2, 0.25) is 0 Å². The fourth-order valence-electron chi connectivity index (χ4n) is 1.98. The van der Waals surface area contributed by atoms with E-state index in [9.17, 15) is 4.79 Å². The molecule has 0 aliphatic rings. The van der Waals surface area contributed by atoms with E-state index in [1.54, 1.807) is 18.3 Å². The number of methoxy groups -OCH3 is 1. The minimum absolute atomic E-state index is 0.337. The van der Waals surface area contributed by atoms with Gasteiger partial charge in [-0.05, 0) is 41.1 Å². The Hall–Kier alpha value is -2.49. The molecule has 0 saturated carbocycles. The van der Waals surface area contributed by atoms with E-state index in [2.05, 4.69) is 10.2 Å². The van der Waals surface area contributed by atoms with Gasteiger partial charge in [0.15, 0.2) is 0 Å². The Morgan fingerprint density at radius 2 is 1.94 bits per heavy atom. The lowest BCUT2D eigenvalue weighted by atomic mass is 10.0. The predicted molar refractivity (Wildman–Crippen MR) is 68.4 cm³/mol. The zero-order chi connectivity index (χ0) is 12.5. The van der Waals surface area contributed by atoms with E-state index in [0.717, 1.165) is 21.7 Å². The summed E-state index contributed by atoms with van der Waals surface area (Å²) in [4.78, 5) is 11.5. The molecule has 18 heavy (non-hydrogen) atoms. The lowest BCUT2D eigenvalue weighted by Gasteiger charge is -2.03. The van der Waals surface area contributed by atoms with Crippen LogP contribution < -0.4 is 0 Å². The first kappa shape index (κ1) is 10.7. The monoisotopic (exact) mass is 238 g/mol. The van der Waals surface area contributed by atoms with Crippen LogP contribution in [0, 0.1) is 0 Å². The molecule has 88 valence electrons. The SMILES string of the molecule is COC(=O)c1ccc2cc3ccnnc3cc2c1. The van der Waals surface area contributed by atoms with Gasteiger partial charge >= 0.3 is 5.97 Å². The molecule has 0 aliphatic heterocycles. The Labute approximate surface area is 103 Å². The van der Waals surface area contributed by atoms with Crippen molar-refractivity contribution in [3.8, 4) is 0 Å². The molecular weight excluding hydrogens is 228 g/mol. The number of carbonyl (C=O) groups is 1. The smallest absolute Gasteiger partial charge is 0.337 e. The molecule has 1 heterocycles. The molecule has 0 spiro atoms. The van der Waals surface area contributed by atoms with Crippen molar-refractivity contribution in [1.82, 2.24) is 10.2 Å². The van der Waals surface area contributed by atoms with Crippen molar-refractivity contribution in [2.24, 2.45) is 0 Å². The number of ether oxygens (including phenoxy) is 1. The summed E-state index contributed by atoms with van der Waals surface area (Å²) in [5.74, 6) is -0.337. The summed E-state index contributed by atoms with van der Waals surface area (Å²) in [6, 6.07) is 11.3. The molecule has 0 radical (unpaired) electrons. The summed E-state index contributed by atoms with van der Waals surface area (Å²) in [6.45, 7) is 0. The Morgan fingerprint density at radius 3 is 2.78 bits per heavy atom. The van der Waals surface area contributed by atoms with Gasteiger partial charge in [-0.25, -0.2) is 4.79 Å². The summed E-state index contributed by atoms with van der Waals surface area (Å²) in [5, 5.41) is 11.0. The van der Waals surface area contributed by atoms with E-state index in [0.29, 0.717) is 5.56 Å². The Morgan fingerprint density at radius 1 is 1.06 bits per heavy atom. The second-order valence-corrected chi connectivity index (χ2v) is 4.00. The fraction of sp³-hybridized carbons (Fsp3) is 0.0714. The van der Waals surface area contributed by atoms with Gasteiger partial charge in [0.1, 0.15) is 0 Å². The van der Waals surface area contributed by atoms with Gasteiger partial charge in [0.05, 0.1) is 24.4 Å². The van der Waals surface area contributed by atoms with Crippen LogP contribution in [-0.4, -0.2) is 23.3 Å². The maximum Gasteiger partial charge on any atom is 0.337 e. The third kappa shape index (κ3) is 1.68. The highest BCUT2D eigenvalue weighted by atomic mass is 16.5. The van der Waals surface area contributed by atoms with Crippen LogP contribution in [0.4, 0.5) is 0 Å². The molecule has 1 aromatic heterocycles. The number of fused-ring (bicyclic) bond motifs is 2. The molecule has 4 heteroatoms. The van der Waals surface area contributed by atoms with Crippen LogP contribution in [0.25, 0.3) is 21.7 Å². The van der Waals surface area contributed by atoms with Crippen molar-refractivity contribution < 1.29 is 9.53 Å². The van der Waals surface area contributed by atoms with Crippen molar-refractivity contribution in [2.75, 3.05) is 7.11 Å². The first-order valence-corrected chi connectivity index (χ1v) is 5.51. The molecule has 0 amide bonds. The first-order chi connectivity index (χ1) is 8.78. The maximum atomic E-state index is 11.5. The lowest BCUT2D eigenvalue weighted by molar-refractivity contribution is 0.0601. The number of carbonyl (C=O) groups excluding carboxylic acids is 1. The van der Waals surface area contributed by atoms with Crippen LogP contribution in [-0.2, 0) is 4.74 Å². The number of benzene rings is 2. The van der Waals surface area contributed by atoms with E-state index in [4.69, 9.17) is 4.74 Å². The van der Waals surface area contributed by atoms with Crippen molar-refractivity contribution in [1.29, 1.82) is 0 Å². The summed E-state index contributed by atoms with van der Waals surface area (Å²) in [6.07, 6.45) is 1.66. The molecular formula is C14H10N2O2. The normalized spacial score (nSPS) is 10.7. The highest BCUT2D eigenvalue weighted by Crippen LogP contribution is 2.22. The number of rotatable bonds is 1. The average molecular weight is 238 g/mol. The standard InChI is InChI=1S/C14H10N2O2/c1-18-14(17)11-3-2-9-6-10-4-5-15-16-13(10)8-12(9)7-11/h2-8H,1H3. The van der Waals surface area contributed by atoms with Crippen molar-refractivity contribution in [3.05, 3.63) is 48.2 Å². The van der Waals surface area contributed by atoms with E-state index in [-0.39, 0.29) is 5.97 Å². The number of nitrogens with zero attached hydrogens (tertiary/aromatic N) is 2. The largest absolute Gasteiger partial charge is 0.465 e. The molecule has 0 fully saturated rings. The third-order valence-electron chi connectivity index (χ3n) is 2.89. The molecule has 0 bridgehead atoms. The topological polar surface area (TPSA) is 52.1 Å². The zero-order valence-corrected chi connectivity index (χ0v) is 9.75. The zero-order valence-electron chi connectivity index (χ0n) is 9.75. The number of esters is 1. The molecule has 0 unspecified atom stereocenters. The molecule has 0 atom stereocenters. The Balaban J connectivity index is 2.27. The number of aromatic nitrogens is 2. The number of hydrogen-bond donors (Lipinski definition) is 0. The first-order valence-electron chi connectivity index (χ1n) is 5.51. The highest BCUT2D eigenvalue weighted by molar-refractivity contribution is 6.00. The van der Waals surface area contributed by atoms with Gasteiger partial charge in [-0.15, -0.1) is 0 Å². The molecule has 0 N–H and O–H groups in total. The lowest BCUT2D eigenvalue weighted by Crippen LogP contribution is -2.00. The predicted octanol–water partition coefficient (Wildman–Crippen LogP) is 2.57. The van der Waals surface area contributed by atoms with E-state index >= 15 is 0 Å². The summed E-state index contributed by atoms with van der Waals surface area (Å²) >= 11 is 0. The summed E-state index contributed by atoms with van der Waals surface area (Å²) in [7, 11) is 1.37. The van der Waals surface area contributed by atoms with Crippen molar-refractivity contribution in [3.63, 3.8) is 0 Å². The van der Waals surface area contributed by atoms with E-state index < -0.39 is 0 Å². The van der Waals surface area contributed by atoms with Gasteiger partial charge in [0.25, 0.3) is 0 Å². The van der Waals surface area contributed by atoms with Crippen LogP contribution in [0.3, 0.4) is 0 Å². The van der Waals surface area contributed by atoms with E-state index in [1.807, 2.05) is 24.3 Å². The van der Waals surface area contributed by atoms with E-state index in [1.165, 1.54) is 7.11 Å². The van der Waals surface area contributed by atoms with Crippen LogP contribution in [0.15, 0.2) is 42.6 Å². The van der Waals surface area contributed by atoms with Gasteiger partial charge in [0, 0.05) is 5.39 Å². The molecule has 2 aromatic carbocycles. The molecule has 4 nitrogen and oxygen atoms in total. The molecule has 0 saturated heterocycles. The second kappa shape index (κ2) is 4.07. The quantitative estimate of drug-likeness (QED) is 0.483.